The summed E-state index contributed by atoms with van der Waals surface area (Å²) >= 11 is 5.88. The van der Waals surface area contributed by atoms with Gasteiger partial charge in [-0.05, 0) is 42.8 Å². The first-order valence-electron chi connectivity index (χ1n) is 6.41. The largest absolute Gasteiger partial charge is 0.326 e. The van der Waals surface area contributed by atoms with Crippen molar-refractivity contribution in [1.82, 2.24) is 0 Å². The van der Waals surface area contributed by atoms with E-state index in [9.17, 15) is 9.59 Å². The number of hydrogen-bond donors (Lipinski definition) is 2. The van der Waals surface area contributed by atoms with Crippen LogP contribution in [0.3, 0.4) is 0 Å². The monoisotopic (exact) mass is 302 g/mol. The van der Waals surface area contributed by atoms with E-state index < -0.39 is 0 Å². The van der Waals surface area contributed by atoms with Gasteiger partial charge in [-0.3, -0.25) is 9.59 Å². The normalized spacial score (nSPS) is 10.0. The van der Waals surface area contributed by atoms with Crippen LogP contribution in [0, 0.1) is 6.92 Å². The molecule has 108 valence electrons. The van der Waals surface area contributed by atoms with Crippen LogP contribution >= 0.6 is 11.6 Å². The smallest absolute Gasteiger partial charge is 0.255 e. The van der Waals surface area contributed by atoms with Crippen LogP contribution in [0.2, 0.25) is 5.02 Å². The second-order valence-electron chi connectivity index (χ2n) is 4.62. The number of amides is 2. The summed E-state index contributed by atoms with van der Waals surface area (Å²) < 4.78 is 0. The van der Waals surface area contributed by atoms with Crippen LogP contribution < -0.4 is 10.6 Å². The van der Waals surface area contributed by atoms with E-state index in [1.54, 1.807) is 42.5 Å². The van der Waals surface area contributed by atoms with Crippen molar-refractivity contribution in [2.75, 3.05) is 10.6 Å². The molecule has 0 aliphatic rings. The van der Waals surface area contributed by atoms with Crippen LogP contribution in [0.1, 0.15) is 22.8 Å². The van der Waals surface area contributed by atoms with Crippen molar-refractivity contribution in [2.45, 2.75) is 13.8 Å². The van der Waals surface area contributed by atoms with Gasteiger partial charge < -0.3 is 10.6 Å². The van der Waals surface area contributed by atoms with Crippen LogP contribution in [0.5, 0.6) is 0 Å². The van der Waals surface area contributed by atoms with Gasteiger partial charge in [0.1, 0.15) is 0 Å². The molecule has 2 aromatic rings. The van der Waals surface area contributed by atoms with Gasteiger partial charge in [0.2, 0.25) is 5.91 Å². The molecule has 0 aliphatic heterocycles. The average Bonchev–Trinajstić information content (AvgIpc) is 2.42. The fourth-order valence-electron chi connectivity index (χ4n) is 1.92. The molecule has 0 fully saturated rings. The molecule has 0 aliphatic carbocycles. The third-order valence-electron chi connectivity index (χ3n) is 2.98. The molecule has 21 heavy (non-hydrogen) atoms. The van der Waals surface area contributed by atoms with E-state index in [0.29, 0.717) is 22.0 Å². The number of hydrogen-bond acceptors (Lipinski definition) is 2. The molecule has 5 heteroatoms. The Morgan fingerprint density at radius 3 is 2.24 bits per heavy atom. The van der Waals surface area contributed by atoms with Crippen LogP contribution in [0.4, 0.5) is 11.4 Å². The molecule has 0 saturated heterocycles. The first-order valence-corrected chi connectivity index (χ1v) is 6.79. The number of carbonyl (C=O) groups excluding carboxylic acids is 2. The van der Waals surface area contributed by atoms with E-state index in [4.69, 9.17) is 11.6 Å². The Morgan fingerprint density at radius 2 is 1.62 bits per heavy atom. The summed E-state index contributed by atoms with van der Waals surface area (Å²) in [6.45, 7) is 3.27. The van der Waals surface area contributed by atoms with E-state index in [1.165, 1.54) is 6.92 Å². The van der Waals surface area contributed by atoms with Crippen LogP contribution in [0.25, 0.3) is 0 Å². The summed E-state index contributed by atoms with van der Waals surface area (Å²) in [6, 6.07) is 12.1. The van der Waals surface area contributed by atoms with Gasteiger partial charge in [0.25, 0.3) is 5.91 Å². The van der Waals surface area contributed by atoms with Crippen molar-refractivity contribution < 1.29 is 9.59 Å². The predicted octanol–water partition coefficient (Wildman–Crippen LogP) is 3.86. The molecule has 0 heterocycles. The number of carbonyl (C=O) groups is 2. The Hall–Kier alpha value is -2.33. The van der Waals surface area contributed by atoms with E-state index in [2.05, 4.69) is 10.6 Å². The van der Waals surface area contributed by atoms with E-state index >= 15 is 0 Å². The summed E-state index contributed by atoms with van der Waals surface area (Å²) in [5.41, 5.74) is 2.59. The first-order chi connectivity index (χ1) is 9.97. The Balaban J connectivity index is 2.23. The zero-order valence-corrected chi connectivity index (χ0v) is 12.5. The fourth-order valence-corrected chi connectivity index (χ4v) is 2.11. The topological polar surface area (TPSA) is 58.2 Å². The third kappa shape index (κ3) is 3.83. The minimum Gasteiger partial charge on any atom is -0.326 e. The summed E-state index contributed by atoms with van der Waals surface area (Å²) in [4.78, 5) is 23.3. The predicted molar refractivity (Wildman–Crippen MR) is 84.9 cm³/mol. The fraction of sp³-hybridized carbons (Fsp3) is 0.125. The molecule has 0 atom stereocenters. The lowest BCUT2D eigenvalue weighted by Crippen LogP contribution is -2.14. The van der Waals surface area contributed by atoms with Crippen molar-refractivity contribution in [3.05, 3.63) is 58.6 Å². The molecule has 0 radical (unpaired) electrons. The van der Waals surface area contributed by atoms with E-state index in [0.717, 1.165) is 5.56 Å². The quantitative estimate of drug-likeness (QED) is 0.904. The zero-order chi connectivity index (χ0) is 15.4. The summed E-state index contributed by atoms with van der Waals surface area (Å²) in [5.74, 6) is -0.406. The second-order valence-corrected chi connectivity index (χ2v) is 5.06. The third-order valence-corrected chi connectivity index (χ3v) is 3.21. The van der Waals surface area contributed by atoms with Crippen molar-refractivity contribution in [3.8, 4) is 0 Å². The van der Waals surface area contributed by atoms with Gasteiger partial charge in [0, 0.05) is 28.9 Å². The SMILES string of the molecule is CC(=O)Nc1cccc(NC(=O)c2cccc(Cl)c2)c1C. The lowest BCUT2D eigenvalue weighted by molar-refractivity contribution is -0.114. The molecule has 0 unspecified atom stereocenters. The molecule has 2 aromatic carbocycles. The van der Waals surface area contributed by atoms with Crippen molar-refractivity contribution in [1.29, 1.82) is 0 Å². The minimum atomic E-state index is -0.249. The van der Waals surface area contributed by atoms with Gasteiger partial charge in [-0.1, -0.05) is 23.7 Å². The second kappa shape index (κ2) is 6.41. The van der Waals surface area contributed by atoms with Crippen LogP contribution in [-0.4, -0.2) is 11.8 Å². The molecule has 2 N–H and O–H groups in total. The van der Waals surface area contributed by atoms with Gasteiger partial charge in [-0.25, -0.2) is 0 Å². The van der Waals surface area contributed by atoms with Crippen molar-refractivity contribution in [2.24, 2.45) is 0 Å². The summed E-state index contributed by atoms with van der Waals surface area (Å²) in [7, 11) is 0. The summed E-state index contributed by atoms with van der Waals surface area (Å²) in [6.07, 6.45) is 0. The lowest BCUT2D eigenvalue weighted by atomic mass is 10.1. The highest BCUT2D eigenvalue weighted by molar-refractivity contribution is 6.31. The van der Waals surface area contributed by atoms with Gasteiger partial charge in [-0.2, -0.15) is 0 Å². The van der Waals surface area contributed by atoms with E-state index in [1.807, 2.05) is 6.92 Å². The molecule has 2 rings (SSSR count). The maximum absolute atomic E-state index is 12.2. The van der Waals surface area contributed by atoms with Crippen molar-refractivity contribution in [3.63, 3.8) is 0 Å². The Kier molecular flexibility index (Phi) is 4.60. The van der Waals surface area contributed by atoms with Gasteiger partial charge in [0.15, 0.2) is 0 Å². The molecule has 0 bridgehead atoms. The molecular formula is C16H15ClN2O2. The minimum absolute atomic E-state index is 0.156. The van der Waals surface area contributed by atoms with Crippen molar-refractivity contribution >= 4 is 34.8 Å². The maximum atomic E-state index is 12.2. The number of benzene rings is 2. The first kappa shape index (κ1) is 15.1. The van der Waals surface area contributed by atoms with Gasteiger partial charge >= 0.3 is 0 Å². The van der Waals surface area contributed by atoms with Crippen LogP contribution in [-0.2, 0) is 4.79 Å². The summed E-state index contributed by atoms with van der Waals surface area (Å²) in [5, 5.41) is 6.05. The van der Waals surface area contributed by atoms with Gasteiger partial charge in [0.05, 0.1) is 0 Å². The Bertz CT molecular complexity index is 698. The highest BCUT2D eigenvalue weighted by Crippen LogP contribution is 2.24. The van der Waals surface area contributed by atoms with Gasteiger partial charge in [-0.15, -0.1) is 0 Å². The molecule has 0 aromatic heterocycles. The average molecular weight is 303 g/mol. The Labute approximate surface area is 128 Å². The number of halogens is 1. The number of rotatable bonds is 3. The maximum Gasteiger partial charge on any atom is 0.255 e. The highest BCUT2D eigenvalue weighted by atomic mass is 35.5. The Morgan fingerprint density at radius 1 is 1.00 bits per heavy atom. The lowest BCUT2D eigenvalue weighted by Gasteiger charge is -2.12. The van der Waals surface area contributed by atoms with E-state index in [-0.39, 0.29) is 11.8 Å². The molecule has 0 spiro atoms. The standard InChI is InChI=1S/C16H15ClN2O2/c1-10-14(18-11(2)20)7-4-8-15(10)19-16(21)12-5-3-6-13(17)9-12/h3-9H,1-2H3,(H,18,20)(H,19,21). The number of anilines is 2. The van der Waals surface area contributed by atoms with Crippen LogP contribution in [0.15, 0.2) is 42.5 Å². The zero-order valence-electron chi connectivity index (χ0n) is 11.7. The highest BCUT2D eigenvalue weighted by Gasteiger charge is 2.10. The molecule has 4 nitrogen and oxygen atoms in total. The molecular weight excluding hydrogens is 288 g/mol. The molecule has 2 amide bonds. The molecule has 0 saturated carbocycles. The number of nitrogens with one attached hydrogen (secondary N) is 2.